The predicted molar refractivity (Wildman–Crippen MR) is 218 cm³/mol. The summed E-state index contributed by atoms with van der Waals surface area (Å²) in [6, 6.07) is 57.4. The van der Waals surface area contributed by atoms with E-state index < -0.39 is 8.07 Å². The fourth-order valence-electron chi connectivity index (χ4n) is 8.43. The summed E-state index contributed by atoms with van der Waals surface area (Å²) in [5.41, 5.74) is 11.6. The van der Waals surface area contributed by atoms with Gasteiger partial charge in [-0.3, -0.25) is 0 Å². The number of benzene rings is 7. The summed E-state index contributed by atoms with van der Waals surface area (Å²) in [7, 11) is -2.49. The van der Waals surface area contributed by atoms with Gasteiger partial charge in [0, 0.05) is 0 Å². The average molecular weight is 685 g/mol. The number of aromatic nitrogens is 3. The van der Waals surface area contributed by atoms with Gasteiger partial charge in [-0.05, 0) is 0 Å². The molecule has 0 fully saturated rings. The Morgan fingerprint density at radius 3 is 1.63 bits per heavy atom. The number of furan rings is 1. The molecule has 2 aromatic heterocycles. The first-order valence-electron chi connectivity index (χ1n) is 17.9. The first-order chi connectivity index (χ1) is 25.6. The van der Waals surface area contributed by atoms with Crippen molar-refractivity contribution in [3.63, 3.8) is 0 Å². The van der Waals surface area contributed by atoms with Crippen LogP contribution in [0, 0.1) is 0 Å². The van der Waals surface area contributed by atoms with Gasteiger partial charge in [0.25, 0.3) is 0 Å². The molecule has 1 aliphatic heterocycles. The molecule has 0 bridgehead atoms. The van der Waals surface area contributed by atoms with Crippen molar-refractivity contribution >= 4 is 40.4 Å². The molecule has 0 aliphatic carbocycles. The zero-order valence-corrected chi connectivity index (χ0v) is 30.1. The van der Waals surface area contributed by atoms with Crippen molar-refractivity contribution < 1.29 is 4.42 Å². The van der Waals surface area contributed by atoms with Gasteiger partial charge in [-0.1, -0.05) is 12.1 Å². The molecule has 5 heteroatoms. The Balaban J connectivity index is 1.29. The normalized spacial score (nSPS) is 13.6. The Morgan fingerprint density at radius 2 is 0.923 bits per heavy atom. The number of para-hydroxylation sites is 1. The Morgan fingerprint density at radius 1 is 0.404 bits per heavy atom. The van der Waals surface area contributed by atoms with Crippen molar-refractivity contribution in [2.24, 2.45) is 0 Å². The molecule has 4 nitrogen and oxygen atoms in total. The molecule has 248 valence electrons. The van der Waals surface area contributed by atoms with Crippen molar-refractivity contribution in [2.75, 3.05) is 0 Å². The molecule has 9 aromatic rings. The van der Waals surface area contributed by atoms with E-state index in [2.05, 4.69) is 140 Å². The second-order valence-electron chi connectivity index (χ2n) is 14.3. The number of fused-ring (bicyclic) bond motifs is 6. The van der Waals surface area contributed by atoms with Gasteiger partial charge in [0.15, 0.2) is 0 Å². The van der Waals surface area contributed by atoms with Gasteiger partial charge in [0.2, 0.25) is 0 Å². The van der Waals surface area contributed by atoms with Crippen molar-refractivity contribution in [1.82, 2.24) is 15.0 Å². The molecule has 0 unspecified atom stereocenters. The molecule has 1 aliphatic rings. The van der Waals surface area contributed by atoms with Crippen LogP contribution in [0.25, 0.3) is 89.5 Å². The van der Waals surface area contributed by atoms with E-state index in [0.29, 0.717) is 17.5 Å². The van der Waals surface area contributed by atoms with Crippen molar-refractivity contribution in [3.8, 4) is 67.5 Å². The van der Waals surface area contributed by atoms with E-state index in [1.807, 2.05) is 36.4 Å². The van der Waals surface area contributed by atoms with E-state index >= 15 is 0 Å². The predicted octanol–water partition coefficient (Wildman–Crippen LogP) is 10.6. The van der Waals surface area contributed by atoms with Gasteiger partial charge in [-0.25, -0.2) is 0 Å². The third-order valence-corrected chi connectivity index (χ3v) is 14.9. The standard InChI is InChI=1S/C47H34N3OSi/c1-52(2)40-25-15-13-23-34(40)36-27-29-38(42(44(36)52)31-18-8-4-9-19-31)47-49-45(32-20-10-5-11-21-32)48-46(50-47)37-28-26-35-33-22-12-14-24-39(33)51-43(35)41(37)30-16-6-3-7-17-30/h3-29,52H,1-2H3/q-1. The average Bonchev–Trinajstić information content (AvgIpc) is 3.70. The van der Waals surface area contributed by atoms with Gasteiger partial charge < -0.3 is 0 Å². The molecule has 0 atom stereocenters. The SMILES string of the molecule is C[SiH-]1(C)c2ccccc2-c2ccc(-c3nc(-c4ccccc4)nc(-c4ccc5c(oc6ccccc65)c4-c4ccccc4)n3)c(-c3ccccc3)c21. The van der Waals surface area contributed by atoms with Gasteiger partial charge in [-0.2, -0.15) is 0 Å². The number of nitrogens with zero attached hydrogens (tertiary/aromatic N) is 3. The van der Waals surface area contributed by atoms with E-state index in [0.717, 1.165) is 49.8 Å². The van der Waals surface area contributed by atoms with Crippen LogP contribution < -0.4 is 10.4 Å². The summed E-state index contributed by atoms with van der Waals surface area (Å²) in [4.78, 5) is 15.9. The minimum absolute atomic E-state index is 0.604. The Hall–Kier alpha value is -6.43. The molecule has 3 heterocycles. The Labute approximate surface area is 303 Å². The van der Waals surface area contributed by atoms with Gasteiger partial charge in [0.1, 0.15) is 0 Å². The maximum absolute atomic E-state index is 6.65. The summed E-state index contributed by atoms with van der Waals surface area (Å²) >= 11 is 0. The Kier molecular flexibility index (Phi) is 6.91. The van der Waals surface area contributed by atoms with Gasteiger partial charge >= 0.3 is 292 Å². The molecule has 0 spiro atoms. The molecule has 0 saturated carbocycles. The van der Waals surface area contributed by atoms with Crippen LogP contribution in [0.3, 0.4) is 0 Å². The third kappa shape index (κ3) is 4.70. The van der Waals surface area contributed by atoms with Crippen LogP contribution in [0.2, 0.25) is 13.1 Å². The zero-order chi connectivity index (χ0) is 34.8. The third-order valence-electron chi connectivity index (χ3n) is 10.8. The summed E-state index contributed by atoms with van der Waals surface area (Å²) in [6.07, 6.45) is 0. The zero-order valence-electron chi connectivity index (χ0n) is 28.9. The number of hydrogen-bond donors (Lipinski definition) is 0. The van der Waals surface area contributed by atoms with E-state index in [9.17, 15) is 0 Å². The van der Waals surface area contributed by atoms with E-state index in [-0.39, 0.29) is 0 Å². The molecule has 0 N–H and O–H groups in total. The Bertz CT molecular complexity index is 2810. The monoisotopic (exact) mass is 684 g/mol. The van der Waals surface area contributed by atoms with E-state index in [4.69, 9.17) is 19.4 Å². The van der Waals surface area contributed by atoms with Crippen LogP contribution in [0.5, 0.6) is 0 Å². The molecule has 7 aromatic carbocycles. The van der Waals surface area contributed by atoms with Crippen LogP contribution in [-0.2, 0) is 0 Å². The topological polar surface area (TPSA) is 51.8 Å². The molecule has 0 saturated heterocycles. The number of hydrogen-bond acceptors (Lipinski definition) is 4. The van der Waals surface area contributed by atoms with Crippen LogP contribution >= 0.6 is 0 Å². The van der Waals surface area contributed by atoms with Crippen LogP contribution in [0.4, 0.5) is 0 Å². The maximum atomic E-state index is 6.65. The van der Waals surface area contributed by atoms with Crippen LogP contribution in [0.15, 0.2) is 168 Å². The quantitative estimate of drug-likeness (QED) is 0.169. The summed E-state index contributed by atoms with van der Waals surface area (Å²) in [6.45, 7) is 4.99. The van der Waals surface area contributed by atoms with Crippen molar-refractivity contribution in [1.29, 1.82) is 0 Å². The fourth-order valence-corrected chi connectivity index (χ4v) is 12.4. The minimum atomic E-state index is -2.49. The molecular weight excluding hydrogens is 651 g/mol. The van der Waals surface area contributed by atoms with E-state index in [1.54, 1.807) is 0 Å². The molecular formula is C47H34N3OSi-. The molecule has 10 rings (SSSR count). The van der Waals surface area contributed by atoms with Crippen molar-refractivity contribution in [2.45, 2.75) is 13.1 Å². The van der Waals surface area contributed by atoms with Gasteiger partial charge in [-0.15, -0.1) is 0 Å². The summed E-state index contributed by atoms with van der Waals surface area (Å²) in [5, 5.41) is 5.09. The fraction of sp³-hybridized carbons (Fsp3) is 0.0426. The number of rotatable bonds is 5. The first kappa shape index (κ1) is 30.4. The molecule has 0 amide bonds. The van der Waals surface area contributed by atoms with Crippen molar-refractivity contribution in [3.05, 3.63) is 164 Å². The summed E-state index contributed by atoms with van der Waals surface area (Å²) < 4.78 is 6.65. The van der Waals surface area contributed by atoms with E-state index in [1.165, 1.54) is 32.6 Å². The van der Waals surface area contributed by atoms with Gasteiger partial charge in [0.05, 0.1) is 0 Å². The summed E-state index contributed by atoms with van der Waals surface area (Å²) in [5.74, 6) is 1.89. The second-order valence-corrected chi connectivity index (χ2v) is 19.2. The molecule has 52 heavy (non-hydrogen) atoms. The first-order valence-corrected chi connectivity index (χ1v) is 21.4. The second kappa shape index (κ2) is 11.8. The molecule has 0 radical (unpaired) electrons. The van der Waals surface area contributed by atoms with Crippen LogP contribution in [-0.4, -0.2) is 23.0 Å². The van der Waals surface area contributed by atoms with Crippen LogP contribution in [0.1, 0.15) is 0 Å².